The lowest BCUT2D eigenvalue weighted by molar-refractivity contribution is 0.0827. The summed E-state index contributed by atoms with van der Waals surface area (Å²) in [6, 6.07) is 16.3. The largest absolute Gasteiger partial charge is 0.467 e. The number of halogens is 1. The summed E-state index contributed by atoms with van der Waals surface area (Å²) in [5, 5.41) is 6.03. The fourth-order valence-corrected chi connectivity index (χ4v) is 5.00. The van der Waals surface area contributed by atoms with E-state index in [1.54, 1.807) is 56.8 Å². The van der Waals surface area contributed by atoms with Gasteiger partial charge in [-0.1, -0.05) is 6.07 Å². The molecule has 2 N–H and O–H groups in total. The van der Waals surface area contributed by atoms with Crippen LogP contribution in [-0.2, 0) is 4.74 Å². The van der Waals surface area contributed by atoms with Crippen molar-refractivity contribution in [3.8, 4) is 28.5 Å². The van der Waals surface area contributed by atoms with Crippen molar-refractivity contribution in [2.45, 2.75) is 0 Å². The zero-order valence-electron chi connectivity index (χ0n) is 25.5. The maximum atomic E-state index is 15.4. The number of fused-ring (bicyclic) bond motifs is 1. The molecule has 3 heterocycles. The van der Waals surface area contributed by atoms with Crippen LogP contribution in [0, 0.1) is 5.82 Å². The number of rotatable bonds is 7. The summed E-state index contributed by atoms with van der Waals surface area (Å²) < 4.78 is 26.0. The zero-order valence-corrected chi connectivity index (χ0v) is 25.5. The Morgan fingerprint density at radius 3 is 2.28 bits per heavy atom. The Bertz CT molecular complexity index is 1900. The molecule has 1 saturated heterocycles. The molecule has 1 fully saturated rings. The Morgan fingerprint density at radius 1 is 0.891 bits per heavy atom. The first kappa shape index (κ1) is 30.3. The van der Waals surface area contributed by atoms with E-state index in [-0.39, 0.29) is 17.6 Å². The number of nitrogens with one attached hydrogen (secondary N) is 2. The van der Waals surface area contributed by atoms with Crippen molar-refractivity contribution in [1.82, 2.24) is 24.8 Å². The van der Waals surface area contributed by atoms with Gasteiger partial charge in [0.05, 0.1) is 31.5 Å². The van der Waals surface area contributed by atoms with Crippen LogP contribution >= 0.6 is 0 Å². The topological polar surface area (TPSA) is 135 Å². The van der Waals surface area contributed by atoms with Crippen molar-refractivity contribution in [3.63, 3.8) is 0 Å². The summed E-state index contributed by atoms with van der Waals surface area (Å²) in [4.78, 5) is 46.4. The van der Waals surface area contributed by atoms with Gasteiger partial charge in [0.1, 0.15) is 11.6 Å². The lowest BCUT2D eigenvalue weighted by atomic mass is 10.1. The summed E-state index contributed by atoms with van der Waals surface area (Å²) in [7, 11) is 4.83. The first-order chi connectivity index (χ1) is 22.3. The van der Waals surface area contributed by atoms with Gasteiger partial charge in [0.15, 0.2) is 5.82 Å². The Hall–Kier alpha value is -5.69. The fourth-order valence-electron chi connectivity index (χ4n) is 5.00. The molecule has 0 spiro atoms. The van der Waals surface area contributed by atoms with Crippen LogP contribution in [-0.4, -0.2) is 84.3 Å². The predicted molar refractivity (Wildman–Crippen MR) is 173 cm³/mol. The Morgan fingerprint density at radius 2 is 1.61 bits per heavy atom. The van der Waals surface area contributed by atoms with E-state index in [0.717, 1.165) is 22.3 Å². The van der Waals surface area contributed by atoms with Crippen LogP contribution in [0.15, 0.2) is 73.1 Å². The fraction of sp³-hybridized carbons (Fsp3) is 0.212. The highest BCUT2D eigenvalue weighted by molar-refractivity contribution is 6.01. The molecule has 13 heteroatoms. The number of morpholine rings is 1. The SMILES string of the molecule is COc1ncc(-c2ccc3c(N4CCOCC4)nc(-c4ccc(NC(=O)Nc5ccc(C(=O)N(C)C)cc5)c(F)c4)nc3c2)cn1. The third-order valence-electron chi connectivity index (χ3n) is 7.40. The van der Waals surface area contributed by atoms with Crippen LogP contribution in [0.3, 0.4) is 0 Å². The van der Waals surface area contributed by atoms with E-state index in [0.29, 0.717) is 54.5 Å². The highest BCUT2D eigenvalue weighted by Crippen LogP contribution is 2.32. The van der Waals surface area contributed by atoms with Crippen LogP contribution < -0.4 is 20.3 Å². The lowest BCUT2D eigenvalue weighted by Crippen LogP contribution is -2.37. The molecule has 1 aliphatic heterocycles. The number of ether oxygens (including phenoxy) is 2. The molecule has 6 rings (SSSR count). The minimum atomic E-state index is -0.652. The number of carbonyl (C=O) groups excluding carboxylic acids is 2. The molecule has 3 aromatic carbocycles. The van der Waals surface area contributed by atoms with Gasteiger partial charge in [-0.2, -0.15) is 0 Å². The third kappa shape index (κ3) is 6.54. The molecule has 0 bridgehead atoms. The maximum Gasteiger partial charge on any atom is 0.323 e. The number of hydrogen-bond acceptors (Lipinski definition) is 9. The summed E-state index contributed by atoms with van der Waals surface area (Å²) in [6.07, 6.45) is 3.35. The van der Waals surface area contributed by atoms with Crippen molar-refractivity contribution in [2.24, 2.45) is 0 Å². The first-order valence-electron chi connectivity index (χ1n) is 14.5. The summed E-state index contributed by atoms with van der Waals surface area (Å²) in [5.74, 6) is 0.249. The van der Waals surface area contributed by atoms with Gasteiger partial charge in [-0.3, -0.25) is 4.79 Å². The van der Waals surface area contributed by atoms with Crippen LogP contribution in [0.1, 0.15) is 10.4 Å². The number of urea groups is 1. The van der Waals surface area contributed by atoms with E-state index in [4.69, 9.17) is 19.4 Å². The number of hydrogen-bond donors (Lipinski definition) is 2. The van der Waals surface area contributed by atoms with Crippen LogP contribution in [0.25, 0.3) is 33.4 Å². The minimum Gasteiger partial charge on any atom is -0.467 e. The summed E-state index contributed by atoms with van der Waals surface area (Å²) in [5.41, 5.74) is 3.66. The van der Waals surface area contributed by atoms with E-state index in [9.17, 15) is 9.59 Å². The smallest absolute Gasteiger partial charge is 0.323 e. The first-order valence-corrected chi connectivity index (χ1v) is 14.5. The number of anilines is 3. The van der Waals surface area contributed by atoms with Gasteiger partial charge in [-0.25, -0.2) is 29.1 Å². The van der Waals surface area contributed by atoms with Crippen molar-refractivity contribution in [2.75, 3.05) is 63.0 Å². The molecule has 12 nitrogen and oxygen atoms in total. The van der Waals surface area contributed by atoms with Crippen LogP contribution in [0.2, 0.25) is 0 Å². The maximum absolute atomic E-state index is 15.4. The zero-order chi connectivity index (χ0) is 32.2. The van der Waals surface area contributed by atoms with Gasteiger partial charge in [-0.05, 0) is 60.2 Å². The molecule has 0 unspecified atom stereocenters. The van der Waals surface area contributed by atoms with Gasteiger partial charge < -0.3 is 29.9 Å². The number of methoxy groups -OCH3 is 1. The number of aromatic nitrogens is 4. The van der Waals surface area contributed by atoms with Gasteiger partial charge >= 0.3 is 12.0 Å². The molecule has 0 radical (unpaired) electrons. The van der Waals surface area contributed by atoms with Crippen molar-refractivity contribution in [1.29, 1.82) is 0 Å². The highest BCUT2D eigenvalue weighted by Gasteiger charge is 2.20. The van der Waals surface area contributed by atoms with E-state index >= 15 is 4.39 Å². The molecule has 0 atom stereocenters. The Labute approximate surface area is 264 Å². The molecular formula is C33H31FN8O4. The van der Waals surface area contributed by atoms with Gasteiger partial charge in [0.2, 0.25) is 0 Å². The number of amides is 3. The second kappa shape index (κ2) is 13.1. The summed E-state index contributed by atoms with van der Waals surface area (Å²) in [6.45, 7) is 2.44. The van der Waals surface area contributed by atoms with Crippen LogP contribution in [0.5, 0.6) is 6.01 Å². The second-order valence-electron chi connectivity index (χ2n) is 10.7. The molecule has 234 valence electrons. The number of benzene rings is 3. The molecule has 5 aromatic rings. The normalized spacial score (nSPS) is 12.9. The minimum absolute atomic E-state index is 0.0170. The molecular weight excluding hydrogens is 591 g/mol. The predicted octanol–water partition coefficient (Wildman–Crippen LogP) is 5.08. The third-order valence-corrected chi connectivity index (χ3v) is 7.40. The second-order valence-corrected chi connectivity index (χ2v) is 10.7. The quantitative estimate of drug-likeness (QED) is 0.255. The molecule has 2 aromatic heterocycles. The average molecular weight is 623 g/mol. The molecule has 1 aliphatic rings. The van der Waals surface area contributed by atoms with Gasteiger partial charge in [0.25, 0.3) is 5.91 Å². The highest BCUT2D eigenvalue weighted by atomic mass is 19.1. The Balaban J connectivity index is 1.27. The van der Waals surface area contributed by atoms with Crippen LogP contribution in [0.4, 0.5) is 26.4 Å². The van der Waals surface area contributed by atoms with Crippen molar-refractivity contribution >= 4 is 40.0 Å². The summed E-state index contributed by atoms with van der Waals surface area (Å²) >= 11 is 0. The van der Waals surface area contributed by atoms with Gasteiger partial charge in [0, 0.05) is 67.3 Å². The number of nitrogens with zero attached hydrogens (tertiary/aromatic N) is 6. The van der Waals surface area contributed by atoms with Crippen molar-refractivity contribution in [3.05, 3.63) is 84.4 Å². The molecule has 0 aliphatic carbocycles. The molecule has 46 heavy (non-hydrogen) atoms. The number of carbonyl (C=O) groups is 2. The van der Waals surface area contributed by atoms with Gasteiger partial charge in [-0.15, -0.1) is 0 Å². The lowest BCUT2D eigenvalue weighted by Gasteiger charge is -2.29. The van der Waals surface area contributed by atoms with E-state index in [1.807, 2.05) is 18.2 Å². The molecule has 0 saturated carbocycles. The average Bonchev–Trinajstić information content (AvgIpc) is 3.08. The Kier molecular flexibility index (Phi) is 8.65. The molecule has 3 amide bonds. The van der Waals surface area contributed by atoms with Crippen molar-refractivity contribution < 1.29 is 23.5 Å². The van der Waals surface area contributed by atoms with E-state index in [1.165, 1.54) is 24.1 Å². The van der Waals surface area contributed by atoms with E-state index < -0.39 is 11.8 Å². The standard InChI is InChI=1S/C33H31FN8O4/c1-41(2)31(43)20-4-8-24(9-5-20)37-32(44)39-27-11-7-22(16-26(27)34)29-38-28-17-21(23-18-35-33(45-3)36-19-23)6-10-25(28)30(40-29)42-12-14-46-15-13-42/h4-11,16-19H,12-15H2,1-3H3,(H2,37,39,44). The van der Waals surface area contributed by atoms with E-state index in [2.05, 4.69) is 25.5 Å². The monoisotopic (exact) mass is 622 g/mol.